The van der Waals surface area contributed by atoms with E-state index in [9.17, 15) is 4.79 Å². The third-order valence-corrected chi connectivity index (χ3v) is 5.30. The largest absolute Gasteiger partial charge is 0.480 e. The lowest BCUT2D eigenvalue weighted by atomic mass is 9.99. The fraction of sp³-hybridized carbons (Fsp3) is 0.500. The van der Waals surface area contributed by atoms with E-state index in [0.29, 0.717) is 6.04 Å². The normalized spacial score (nSPS) is 15.9. The predicted molar refractivity (Wildman–Crippen MR) is 101 cm³/mol. The van der Waals surface area contributed by atoms with Gasteiger partial charge < -0.3 is 10.0 Å². The average molecular weight is 341 g/mol. The maximum atomic E-state index is 11.1. The zero-order chi connectivity index (χ0) is 18.0. The van der Waals surface area contributed by atoms with Crippen LogP contribution in [-0.2, 0) is 4.79 Å². The molecule has 5 nitrogen and oxygen atoms in total. The first kappa shape index (κ1) is 17.7. The number of carboxylic acids is 1. The molecule has 2 heterocycles. The first-order valence-corrected chi connectivity index (χ1v) is 9.07. The van der Waals surface area contributed by atoms with E-state index in [1.54, 1.807) is 0 Å². The SMILES string of the molecule is CCN(CC(=O)O)C1CCN(c2c(C)cnc3c(C)cccc23)CC1. The molecule has 1 aromatic heterocycles. The van der Waals surface area contributed by atoms with Gasteiger partial charge in [-0.3, -0.25) is 14.7 Å². The molecule has 1 N–H and O–H groups in total. The van der Waals surface area contributed by atoms with Gasteiger partial charge in [0, 0.05) is 30.7 Å². The number of carboxylic acid groups (broad SMARTS) is 1. The number of benzene rings is 1. The number of piperidine rings is 1. The maximum absolute atomic E-state index is 11.1. The smallest absolute Gasteiger partial charge is 0.317 e. The summed E-state index contributed by atoms with van der Waals surface area (Å²) in [5.74, 6) is -0.740. The number of nitrogens with zero attached hydrogens (tertiary/aromatic N) is 3. The van der Waals surface area contributed by atoms with E-state index in [1.807, 2.05) is 13.1 Å². The third kappa shape index (κ3) is 3.61. The molecule has 0 atom stereocenters. The molecule has 0 saturated carbocycles. The number of carbonyl (C=O) groups is 1. The van der Waals surface area contributed by atoms with Crippen molar-refractivity contribution in [2.45, 2.75) is 39.7 Å². The maximum Gasteiger partial charge on any atom is 0.317 e. The van der Waals surface area contributed by atoms with Gasteiger partial charge in [-0.05, 0) is 44.4 Å². The van der Waals surface area contributed by atoms with E-state index < -0.39 is 5.97 Å². The number of hydrogen-bond acceptors (Lipinski definition) is 4. The lowest BCUT2D eigenvalue weighted by Gasteiger charge is -2.39. The number of aliphatic carboxylic acids is 1. The third-order valence-electron chi connectivity index (χ3n) is 5.30. The molecule has 1 aromatic carbocycles. The number of pyridine rings is 1. The molecule has 0 aliphatic carbocycles. The quantitative estimate of drug-likeness (QED) is 0.905. The summed E-state index contributed by atoms with van der Waals surface area (Å²) in [6, 6.07) is 6.71. The van der Waals surface area contributed by atoms with Crippen LogP contribution < -0.4 is 4.90 Å². The Hall–Kier alpha value is -2.14. The van der Waals surface area contributed by atoms with Crippen molar-refractivity contribution >= 4 is 22.6 Å². The van der Waals surface area contributed by atoms with E-state index in [0.717, 1.165) is 38.0 Å². The van der Waals surface area contributed by atoms with Crippen molar-refractivity contribution in [3.63, 3.8) is 0 Å². The summed E-state index contributed by atoms with van der Waals surface area (Å²) in [5, 5.41) is 10.3. The predicted octanol–water partition coefficient (Wildman–Crippen LogP) is 3.23. The summed E-state index contributed by atoms with van der Waals surface area (Å²) in [7, 11) is 0. The van der Waals surface area contributed by atoms with E-state index >= 15 is 0 Å². The highest BCUT2D eigenvalue weighted by atomic mass is 16.4. The van der Waals surface area contributed by atoms with Crippen molar-refractivity contribution in [2.75, 3.05) is 31.1 Å². The van der Waals surface area contributed by atoms with E-state index in [1.165, 1.54) is 22.2 Å². The van der Waals surface area contributed by atoms with Crippen molar-refractivity contribution in [3.8, 4) is 0 Å². The summed E-state index contributed by atoms with van der Waals surface area (Å²) in [4.78, 5) is 20.2. The summed E-state index contributed by atoms with van der Waals surface area (Å²) in [6.07, 6.45) is 3.96. The molecular weight excluding hydrogens is 314 g/mol. The summed E-state index contributed by atoms with van der Waals surface area (Å²) >= 11 is 0. The van der Waals surface area contributed by atoms with Crippen LogP contribution in [0.3, 0.4) is 0 Å². The van der Waals surface area contributed by atoms with Gasteiger partial charge >= 0.3 is 5.97 Å². The summed E-state index contributed by atoms with van der Waals surface area (Å²) in [6.45, 7) is 9.09. The molecule has 5 heteroatoms. The Morgan fingerprint density at radius 3 is 2.64 bits per heavy atom. The molecule has 1 saturated heterocycles. The van der Waals surface area contributed by atoms with Gasteiger partial charge in [0.2, 0.25) is 0 Å². The lowest BCUT2D eigenvalue weighted by molar-refractivity contribution is -0.139. The van der Waals surface area contributed by atoms with Crippen LogP contribution >= 0.6 is 0 Å². The van der Waals surface area contributed by atoms with Crippen LogP contribution in [0.15, 0.2) is 24.4 Å². The topological polar surface area (TPSA) is 56.7 Å². The Bertz CT molecular complexity index is 767. The highest BCUT2D eigenvalue weighted by Gasteiger charge is 2.26. The molecule has 0 bridgehead atoms. The van der Waals surface area contributed by atoms with Crippen LogP contribution in [0.5, 0.6) is 0 Å². The molecular formula is C20H27N3O2. The number of aryl methyl sites for hydroxylation is 2. The van der Waals surface area contributed by atoms with E-state index in [2.05, 4.69) is 46.8 Å². The van der Waals surface area contributed by atoms with Gasteiger partial charge in [0.15, 0.2) is 0 Å². The van der Waals surface area contributed by atoms with Crippen molar-refractivity contribution < 1.29 is 9.90 Å². The van der Waals surface area contributed by atoms with Crippen molar-refractivity contribution in [3.05, 3.63) is 35.5 Å². The molecule has 0 radical (unpaired) electrons. The van der Waals surface area contributed by atoms with Crippen LogP contribution in [-0.4, -0.2) is 53.2 Å². The Balaban J connectivity index is 1.82. The second kappa shape index (κ2) is 7.40. The Morgan fingerprint density at radius 2 is 2.00 bits per heavy atom. The lowest BCUT2D eigenvalue weighted by Crippen LogP contribution is -2.46. The number of para-hydroxylation sites is 1. The van der Waals surface area contributed by atoms with Gasteiger partial charge in [-0.25, -0.2) is 0 Å². The number of hydrogen-bond donors (Lipinski definition) is 1. The number of rotatable bonds is 5. The number of likely N-dealkylation sites (N-methyl/N-ethyl adjacent to an activating group) is 1. The molecule has 1 aliphatic rings. The van der Waals surface area contributed by atoms with Gasteiger partial charge in [0.25, 0.3) is 0 Å². The molecule has 0 unspecified atom stereocenters. The molecule has 1 aliphatic heterocycles. The van der Waals surface area contributed by atoms with E-state index in [4.69, 9.17) is 5.11 Å². The van der Waals surface area contributed by atoms with Gasteiger partial charge in [0.05, 0.1) is 17.7 Å². The molecule has 2 aromatic rings. The second-order valence-corrected chi connectivity index (χ2v) is 6.94. The summed E-state index contributed by atoms with van der Waals surface area (Å²) < 4.78 is 0. The molecule has 0 amide bonds. The first-order chi connectivity index (χ1) is 12.0. The zero-order valence-corrected chi connectivity index (χ0v) is 15.3. The highest BCUT2D eigenvalue weighted by Crippen LogP contribution is 2.33. The van der Waals surface area contributed by atoms with Crippen LogP contribution in [0.2, 0.25) is 0 Å². The van der Waals surface area contributed by atoms with Crippen LogP contribution in [0.4, 0.5) is 5.69 Å². The molecule has 134 valence electrons. The minimum Gasteiger partial charge on any atom is -0.480 e. The second-order valence-electron chi connectivity index (χ2n) is 6.94. The van der Waals surface area contributed by atoms with Crippen LogP contribution in [0.1, 0.15) is 30.9 Å². The average Bonchev–Trinajstić information content (AvgIpc) is 2.60. The fourth-order valence-corrected chi connectivity index (χ4v) is 4.00. The van der Waals surface area contributed by atoms with Crippen LogP contribution in [0.25, 0.3) is 10.9 Å². The van der Waals surface area contributed by atoms with Gasteiger partial charge in [-0.2, -0.15) is 0 Å². The fourth-order valence-electron chi connectivity index (χ4n) is 4.00. The first-order valence-electron chi connectivity index (χ1n) is 9.07. The van der Waals surface area contributed by atoms with Crippen molar-refractivity contribution in [2.24, 2.45) is 0 Å². The van der Waals surface area contributed by atoms with Gasteiger partial charge in [-0.1, -0.05) is 25.1 Å². The monoisotopic (exact) mass is 341 g/mol. The van der Waals surface area contributed by atoms with Gasteiger partial charge in [-0.15, -0.1) is 0 Å². The van der Waals surface area contributed by atoms with Crippen molar-refractivity contribution in [1.82, 2.24) is 9.88 Å². The Kier molecular flexibility index (Phi) is 5.23. The van der Waals surface area contributed by atoms with Gasteiger partial charge in [0.1, 0.15) is 0 Å². The Labute approximate surface area is 149 Å². The zero-order valence-electron chi connectivity index (χ0n) is 15.3. The molecule has 0 spiro atoms. The minimum absolute atomic E-state index is 0.136. The molecule has 1 fully saturated rings. The highest BCUT2D eigenvalue weighted by molar-refractivity contribution is 5.95. The minimum atomic E-state index is -0.740. The number of aromatic nitrogens is 1. The molecule has 3 rings (SSSR count). The summed E-state index contributed by atoms with van der Waals surface area (Å²) in [5.41, 5.74) is 4.77. The van der Waals surface area contributed by atoms with E-state index in [-0.39, 0.29) is 6.54 Å². The number of fused-ring (bicyclic) bond motifs is 1. The van der Waals surface area contributed by atoms with Crippen molar-refractivity contribution in [1.29, 1.82) is 0 Å². The standard InChI is InChI=1S/C20H27N3O2/c1-4-22(13-18(24)25)16-8-10-23(11-9-16)20-15(3)12-21-19-14(2)6-5-7-17(19)20/h5-7,12,16H,4,8-11,13H2,1-3H3,(H,24,25). The molecule has 25 heavy (non-hydrogen) atoms. The Morgan fingerprint density at radius 1 is 1.28 bits per heavy atom. The van der Waals surface area contributed by atoms with Crippen LogP contribution in [0, 0.1) is 13.8 Å². The number of anilines is 1.